The van der Waals surface area contributed by atoms with Crippen molar-refractivity contribution >= 4 is 11.6 Å². The molecule has 1 unspecified atom stereocenters. The first-order chi connectivity index (χ1) is 10.7. The molecule has 1 spiro atoms. The van der Waals surface area contributed by atoms with Crippen LogP contribution in [0.5, 0.6) is 11.5 Å². The fraction of sp³-hybridized carbons (Fsp3) is 0.588. The Morgan fingerprint density at radius 2 is 2.14 bits per heavy atom. The third-order valence-electron chi connectivity index (χ3n) is 4.84. The van der Waals surface area contributed by atoms with Gasteiger partial charge in [0.2, 0.25) is 5.91 Å². The molecule has 5 nitrogen and oxygen atoms in total. The summed E-state index contributed by atoms with van der Waals surface area (Å²) in [6.45, 7) is 4.57. The maximum Gasteiger partial charge on any atom is 0.228 e. The predicted molar refractivity (Wildman–Crippen MR) is 85.4 cm³/mol. The van der Waals surface area contributed by atoms with Gasteiger partial charge < -0.3 is 20.1 Å². The van der Waals surface area contributed by atoms with E-state index in [0.29, 0.717) is 18.1 Å². The number of carbonyl (C=O) groups excluding carboxylic acids is 1. The van der Waals surface area contributed by atoms with E-state index < -0.39 is 0 Å². The fourth-order valence-corrected chi connectivity index (χ4v) is 3.45. The highest BCUT2D eigenvalue weighted by Crippen LogP contribution is 2.58. The second kappa shape index (κ2) is 6.16. The molecule has 22 heavy (non-hydrogen) atoms. The first kappa shape index (κ1) is 15.2. The first-order valence-electron chi connectivity index (χ1n) is 8.01. The Kier molecular flexibility index (Phi) is 4.25. The minimum Gasteiger partial charge on any atom is -0.493 e. The number of nitrogens with one attached hydrogen (secondary N) is 2. The molecular formula is C17H24N2O3. The topological polar surface area (TPSA) is 59.6 Å². The number of piperidine rings is 1. The molecule has 120 valence electrons. The molecule has 1 aliphatic carbocycles. The van der Waals surface area contributed by atoms with Crippen molar-refractivity contribution in [1.29, 1.82) is 0 Å². The summed E-state index contributed by atoms with van der Waals surface area (Å²) >= 11 is 0. The van der Waals surface area contributed by atoms with Crippen molar-refractivity contribution in [1.82, 2.24) is 5.32 Å². The molecule has 5 heteroatoms. The van der Waals surface area contributed by atoms with Crippen molar-refractivity contribution in [2.75, 3.05) is 32.1 Å². The summed E-state index contributed by atoms with van der Waals surface area (Å²) in [6.07, 6.45) is 3.24. The molecule has 1 heterocycles. The number of methoxy groups -OCH3 is 1. The van der Waals surface area contributed by atoms with E-state index in [1.807, 2.05) is 25.1 Å². The number of rotatable bonds is 5. The minimum absolute atomic E-state index is 0.133. The third-order valence-corrected chi connectivity index (χ3v) is 4.84. The van der Waals surface area contributed by atoms with Crippen molar-refractivity contribution < 1.29 is 14.3 Å². The van der Waals surface area contributed by atoms with E-state index in [1.165, 1.54) is 0 Å². The van der Waals surface area contributed by atoms with Gasteiger partial charge in [0.05, 0.1) is 13.7 Å². The van der Waals surface area contributed by atoms with Crippen LogP contribution in [0, 0.1) is 11.3 Å². The van der Waals surface area contributed by atoms with Crippen molar-refractivity contribution in [3.63, 3.8) is 0 Å². The number of ether oxygens (including phenoxy) is 2. The van der Waals surface area contributed by atoms with Crippen LogP contribution >= 0.6 is 0 Å². The molecule has 1 aliphatic heterocycles. The van der Waals surface area contributed by atoms with Crippen LogP contribution in [0.3, 0.4) is 0 Å². The van der Waals surface area contributed by atoms with Gasteiger partial charge in [-0.05, 0) is 56.8 Å². The predicted octanol–water partition coefficient (Wildman–Crippen LogP) is 2.42. The fourth-order valence-electron chi connectivity index (χ4n) is 3.45. The second-order valence-electron chi connectivity index (χ2n) is 6.16. The number of hydrogen-bond donors (Lipinski definition) is 2. The van der Waals surface area contributed by atoms with Crippen LogP contribution in [-0.4, -0.2) is 32.7 Å². The van der Waals surface area contributed by atoms with E-state index in [0.717, 1.165) is 38.0 Å². The average molecular weight is 304 g/mol. The largest absolute Gasteiger partial charge is 0.493 e. The normalized spacial score (nSPS) is 22.2. The zero-order chi connectivity index (χ0) is 15.6. The quantitative estimate of drug-likeness (QED) is 0.877. The molecule has 0 radical (unpaired) electrons. The summed E-state index contributed by atoms with van der Waals surface area (Å²) in [5.74, 6) is 1.64. The summed E-state index contributed by atoms with van der Waals surface area (Å²) in [6, 6.07) is 5.52. The number of hydrogen-bond acceptors (Lipinski definition) is 4. The molecule has 3 rings (SSSR count). The van der Waals surface area contributed by atoms with Gasteiger partial charge in [-0.25, -0.2) is 0 Å². The van der Waals surface area contributed by atoms with E-state index in [2.05, 4.69) is 10.6 Å². The highest BCUT2D eigenvalue weighted by Gasteiger charge is 2.57. The Balaban J connectivity index is 1.64. The Bertz CT molecular complexity index is 553. The lowest BCUT2D eigenvalue weighted by molar-refractivity contribution is -0.118. The molecule has 1 amide bonds. The smallest absolute Gasteiger partial charge is 0.228 e. The summed E-state index contributed by atoms with van der Waals surface area (Å²) in [5, 5.41) is 6.39. The van der Waals surface area contributed by atoms with E-state index in [9.17, 15) is 4.79 Å². The molecule has 2 N–H and O–H groups in total. The van der Waals surface area contributed by atoms with E-state index in [4.69, 9.17) is 9.47 Å². The second-order valence-corrected chi connectivity index (χ2v) is 6.16. The standard InChI is InChI=1S/C17H24N2O3/c1-3-22-14-5-4-12(10-15(14)21-2)19-16(20)13-11-17(13)6-8-18-9-7-17/h4-5,10,13,18H,3,6-9,11H2,1-2H3,(H,19,20). The minimum atomic E-state index is 0.133. The van der Waals surface area contributed by atoms with Crippen molar-refractivity contribution in [3.8, 4) is 11.5 Å². The molecule has 0 aromatic heterocycles. The van der Waals surface area contributed by atoms with Gasteiger partial charge >= 0.3 is 0 Å². The van der Waals surface area contributed by atoms with Crippen LogP contribution in [0.1, 0.15) is 26.2 Å². The molecule has 1 atom stereocenters. The number of anilines is 1. The van der Waals surface area contributed by atoms with Gasteiger partial charge in [-0.15, -0.1) is 0 Å². The van der Waals surface area contributed by atoms with Crippen LogP contribution in [0.25, 0.3) is 0 Å². The monoisotopic (exact) mass is 304 g/mol. The van der Waals surface area contributed by atoms with Gasteiger partial charge in [0, 0.05) is 17.7 Å². The van der Waals surface area contributed by atoms with E-state index in [-0.39, 0.29) is 17.2 Å². The van der Waals surface area contributed by atoms with Crippen LogP contribution in [0.4, 0.5) is 5.69 Å². The Morgan fingerprint density at radius 1 is 1.36 bits per heavy atom. The maximum atomic E-state index is 12.5. The van der Waals surface area contributed by atoms with Crippen LogP contribution < -0.4 is 20.1 Å². The summed E-state index contributed by atoms with van der Waals surface area (Å²) in [7, 11) is 1.61. The zero-order valence-electron chi connectivity index (χ0n) is 13.3. The third kappa shape index (κ3) is 2.90. The van der Waals surface area contributed by atoms with Gasteiger partial charge in [-0.3, -0.25) is 4.79 Å². The molecule has 1 saturated carbocycles. The van der Waals surface area contributed by atoms with E-state index in [1.54, 1.807) is 7.11 Å². The molecule has 1 saturated heterocycles. The Morgan fingerprint density at radius 3 is 2.82 bits per heavy atom. The van der Waals surface area contributed by atoms with Crippen molar-refractivity contribution in [3.05, 3.63) is 18.2 Å². The average Bonchev–Trinajstić information content (AvgIpc) is 3.23. The molecule has 1 aromatic carbocycles. The van der Waals surface area contributed by atoms with Gasteiger partial charge in [-0.2, -0.15) is 0 Å². The zero-order valence-corrected chi connectivity index (χ0v) is 13.3. The summed E-state index contributed by atoms with van der Waals surface area (Å²) in [4.78, 5) is 12.5. The highest BCUT2D eigenvalue weighted by atomic mass is 16.5. The molecule has 2 fully saturated rings. The lowest BCUT2D eigenvalue weighted by atomic mass is 9.92. The number of carbonyl (C=O) groups is 1. The van der Waals surface area contributed by atoms with Crippen LogP contribution in [0.15, 0.2) is 18.2 Å². The van der Waals surface area contributed by atoms with Crippen LogP contribution in [-0.2, 0) is 4.79 Å². The van der Waals surface area contributed by atoms with Crippen molar-refractivity contribution in [2.24, 2.45) is 11.3 Å². The van der Waals surface area contributed by atoms with E-state index >= 15 is 0 Å². The Labute approximate surface area is 131 Å². The first-order valence-corrected chi connectivity index (χ1v) is 8.01. The highest BCUT2D eigenvalue weighted by molar-refractivity contribution is 5.95. The van der Waals surface area contributed by atoms with Crippen molar-refractivity contribution in [2.45, 2.75) is 26.2 Å². The molecule has 2 aliphatic rings. The Hall–Kier alpha value is -1.75. The SMILES string of the molecule is CCOc1ccc(NC(=O)C2CC23CCNCC3)cc1OC. The summed E-state index contributed by atoms with van der Waals surface area (Å²) in [5.41, 5.74) is 1.02. The lowest BCUT2D eigenvalue weighted by Gasteiger charge is -2.23. The van der Waals surface area contributed by atoms with Gasteiger partial charge in [-0.1, -0.05) is 0 Å². The van der Waals surface area contributed by atoms with Gasteiger partial charge in [0.15, 0.2) is 11.5 Å². The van der Waals surface area contributed by atoms with Gasteiger partial charge in [0.1, 0.15) is 0 Å². The molecule has 1 aromatic rings. The lowest BCUT2D eigenvalue weighted by Crippen LogP contribution is -2.31. The van der Waals surface area contributed by atoms with Gasteiger partial charge in [0.25, 0.3) is 0 Å². The number of amides is 1. The molecular weight excluding hydrogens is 280 g/mol. The summed E-state index contributed by atoms with van der Waals surface area (Å²) < 4.78 is 10.8. The number of benzene rings is 1. The maximum absolute atomic E-state index is 12.5. The van der Waals surface area contributed by atoms with Crippen LogP contribution in [0.2, 0.25) is 0 Å². The molecule has 0 bridgehead atoms.